The van der Waals surface area contributed by atoms with Crippen LogP contribution in [0.25, 0.3) is 0 Å². The van der Waals surface area contributed by atoms with E-state index in [-0.39, 0.29) is 5.41 Å². The third-order valence-electron chi connectivity index (χ3n) is 4.72. The minimum Gasteiger partial charge on any atom is -0.277 e. The lowest BCUT2D eigenvalue weighted by molar-refractivity contribution is -0.119. The van der Waals surface area contributed by atoms with Crippen LogP contribution in [0.4, 0.5) is 4.39 Å². The zero-order valence-electron chi connectivity index (χ0n) is 12.9. The summed E-state index contributed by atoms with van der Waals surface area (Å²) in [5.74, 6) is -0.972. The molecule has 0 aliphatic heterocycles. The second kappa shape index (κ2) is 5.65. The van der Waals surface area contributed by atoms with Gasteiger partial charge in [-0.2, -0.15) is 0 Å². The van der Waals surface area contributed by atoms with Crippen molar-refractivity contribution in [2.75, 3.05) is 14.1 Å². The maximum Gasteiger partial charge on any atom is 0.173 e. The normalized spacial score (nSPS) is 20.8. The molecule has 1 aromatic rings. The summed E-state index contributed by atoms with van der Waals surface area (Å²) in [6, 6.07) is 7.75. The molecule has 1 nitrogen and oxygen atoms in total. The maximum atomic E-state index is 15.9. The predicted octanol–water partition coefficient (Wildman–Crippen LogP) is 5.04. The van der Waals surface area contributed by atoms with Gasteiger partial charge in [0.25, 0.3) is 0 Å². The summed E-state index contributed by atoms with van der Waals surface area (Å²) in [7, 11) is 3.72. The van der Waals surface area contributed by atoms with E-state index in [1.165, 1.54) is 0 Å². The minimum absolute atomic E-state index is 0.326. The number of hydrogen-bond donors (Lipinski definition) is 0. The molecule has 0 saturated heterocycles. The van der Waals surface area contributed by atoms with Crippen LogP contribution in [0.5, 0.6) is 0 Å². The van der Waals surface area contributed by atoms with Gasteiger partial charge < -0.3 is 0 Å². The Morgan fingerprint density at radius 3 is 2.15 bits per heavy atom. The molecule has 1 atom stereocenters. The van der Waals surface area contributed by atoms with Crippen molar-refractivity contribution in [3.63, 3.8) is 0 Å². The van der Waals surface area contributed by atoms with Gasteiger partial charge in [0.2, 0.25) is 0 Å². The van der Waals surface area contributed by atoms with E-state index in [0.29, 0.717) is 17.4 Å². The van der Waals surface area contributed by atoms with Crippen LogP contribution in [0.3, 0.4) is 0 Å². The molecule has 0 radical (unpaired) electrons. The van der Waals surface area contributed by atoms with Gasteiger partial charge >= 0.3 is 0 Å². The molecule has 3 heteroatoms. The summed E-state index contributed by atoms with van der Waals surface area (Å²) in [5, 5.41) is 0.710. The summed E-state index contributed by atoms with van der Waals surface area (Å²) in [5.41, 5.74) is 0.704. The van der Waals surface area contributed by atoms with Crippen molar-refractivity contribution in [2.24, 2.45) is 5.92 Å². The summed E-state index contributed by atoms with van der Waals surface area (Å²) in [6.45, 7) is 4.18. The largest absolute Gasteiger partial charge is 0.277 e. The zero-order chi connectivity index (χ0) is 15.0. The minimum atomic E-state index is -1.30. The number of alkyl halides is 1. The third-order valence-corrected chi connectivity index (χ3v) is 4.98. The van der Waals surface area contributed by atoms with Gasteiger partial charge in [-0.1, -0.05) is 44.0 Å². The van der Waals surface area contributed by atoms with Crippen LogP contribution in [-0.2, 0) is 5.41 Å². The molecule has 0 N–H and O–H groups in total. The molecule has 0 aromatic heterocycles. The Labute approximate surface area is 127 Å². The molecule has 0 spiro atoms. The number of nitrogens with zero attached hydrogens (tertiary/aromatic N) is 1. The van der Waals surface area contributed by atoms with Crippen molar-refractivity contribution in [1.82, 2.24) is 4.90 Å². The van der Waals surface area contributed by atoms with Crippen LogP contribution in [0.1, 0.15) is 45.1 Å². The lowest BCUT2D eigenvalue weighted by Crippen LogP contribution is -2.61. The Morgan fingerprint density at radius 2 is 1.80 bits per heavy atom. The van der Waals surface area contributed by atoms with Crippen molar-refractivity contribution in [2.45, 2.75) is 50.7 Å². The van der Waals surface area contributed by atoms with Gasteiger partial charge in [0.1, 0.15) is 0 Å². The lowest BCUT2D eigenvalue weighted by atomic mass is 9.57. The first kappa shape index (κ1) is 15.8. The fourth-order valence-corrected chi connectivity index (χ4v) is 3.67. The summed E-state index contributed by atoms with van der Waals surface area (Å²) in [6.07, 6.45) is 3.48. The average molecular weight is 298 g/mol. The van der Waals surface area contributed by atoms with Crippen LogP contribution < -0.4 is 0 Å². The van der Waals surface area contributed by atoms with Crippen LogP contribution in [0, 0.1) is 5.92 Å². The molecule has 1 unspecified atom stereocenters. The van der Waals surface area contributed by atoms with Gasteiger partial charge in [-0.25, -0.2) is 4.39 Å². The molecule has 20 heavy (non-hydrogen) atoms. The Morgan fingerprint density at radius 1 is 1.25 bits per heavy atom. The summed E-state index contributed by atoms with van der Waals surface area (Å²) >= 11 is 5.98. The van der Waals surface area contributed by atoms with Crippen LogP contribution in [0.15, 0.2) is 24.3 Å². The van der Waals surface area contributed by atoms with E-state index in [4.69, 9.17) is 11.6 Å². The number of likely N-dealkylation sites (N-methyl/N-ethyl adjacent to an activating group) is 1. The Bertz CT molecular complexity index is 451. The molecule has 0 amide bonds. The van der Waals surface area contributed by atoms with E-state index in [0.717, 1.165) is 24.8 Å². The number of hydrogen-bond acceptors (Lipinski definition) is 1. The van der Waals surface area contributed by atoms with E-state index < -0.39 is 5.79 Å². The Kier molecular flexibility index (Phi) is 4.46. The van der Waals surface area contributed by atoms with Crippen molar-refractivity contribution in [1.29, 1.82) is 0 Å². The highest BCUT2D eigenvalue weighted by atomic mass is 35.5. The quantitative estimate of drug-likeness (QED) is 0.689. The molecule has 112 valence electrons. The van der Waals surface area contributed by atoms with Gasteiger partial charge in [-0.05, 0) is 57.0 Å². The first-order chi connectivity index (χ1) is 9.32. The molecular formula is C17H25ClFN. The maximum absolute atomic E-state index is 15.9. The number of rotatable bonds is 5. The molecular weight excluding hydrogens is 273 g/mol. The Balaban J connectivity index is 2.44. The number of benzene rings is 1. The summed E-state index contributed by atoms with van der Waals surface area (Å²) in [4.78, 5) is 1.78. The molecule has 1 aromatic carbocycles. The van der Waals surface area contributed by atoms with Gasteiger partial charge in [-0.3, -0.25) is 4.90 Å². The van der Waals surface area contributed by atoms with Crippen LogP contribution >= 0.6 is 11.6 Å². The van der Waals surface area contributed by atoms with Gasteiger partial charge in [0, 0.05) is 10.4 Å². The topological polar surface area (TPSA) is 3.24 Å². The highest BCUT2D eigenvalue weighted by Crippen LogP contribution is 2.56. The van der Waals surface area contributed by atoms with Gasteiger partial charge in [0.15, 0.2) is 5.79 Å². The predicted molar refractivity (Wildman–Crippen MR) is 84.0 cm³/mol. The van der Waals surface area contributed by atoms with E-state index in [2.05, 4.69) is 13.8 Å². The molecule has 0 bridgehead atoms. The summed E-state index contributed by atoms with van der Waals surface area (Å²) < 4.78 is 15.9. The van der Waals surface area contributed by atoms with Crippen LogP contribution in [0.2, 0.25) is 5.02 Å². The first-order valence-corrected chi connectivity index (χ1v) is 7.82. The van der Waals surface area contributed by atoms with Crippen molar-refractivity contribution in [3.05, 3.63) is 34.9 Å². The second-order valence-corrected chi connectivity index (χ2v) is 7.13. The van der Waals surface area contributed by atoms with Crippen molar-refractivity contribution in [3.8, 4) is 0 Å². The van der Waals surface area contributed by atoms with Crippen molar-refractivity contribution < 1.29 is 4.39 Å². The van der Waals surface area contributed by atoms with E-state index >= 15 is 4.39 Å². The Hall–Kier alpha value is -0.600. The smallest absolute Gasteiger partial charge is 0.173 e. The third kappa shape index (κ3) is 2.48. The average Bonchev–Trinajstić information content (AvgIpc) is 2.28. The SMILES string of the molecule is CC(C)CC(F)(N(C)C)C1(c2ccc(Cl)cc2)CCC1. The molecule has 1 aliphatic carbocycles. The monoisotopic (exact) mass is 297 g/mol. The van der Waals surface area contributed by atoms with Gasteiger partial charge in [0.05, 0.1) is 0 Å². The zero-order valence-corrected chi connectivity index (χ0v) is 13.7. The standard InChI is InChI=1S/C17H25ClFN/c1-13(2)12-17(19,20(3)4)16(10-5-11-16)14-6-8-15(18)9-7-14/h6-9,13H,5,10-12H2,1-4H3. The fourth-order valence-electron chi connectivity index (χ4n) is 3.54. The molecule has 0 heterocycles. The van der Waals surface area contributed by atoms with Crippen molar-refractivity contribution >= 4 is 11.6 Å². The lowest BCUT2D eigenvalue weighted by Gasteiger charge is -2.55. The van der Waals surface area contributed by atoms with E-state index in [1.54, 1.807) is 4.90 Å². The van der Waals surface area contributed by atoms with E-state index in [9.17, 15) is 0 Å². The highest BCUT2D eigenvalue weighted by molar-refractivity contribution is 6.30. The second-order valence-electron chi connectivity index (χ2n) is 6.69. The van der Waals surface area contributed by atoms with E-state index in [1.807, 2.05) is 38.4 Å². The molecule has 1 aliphatic rings. The molecule has 1 saturated carbocycles. The molecule has 1 fully saturated rings. The number of halogens is 2. The highest BCUT2D eigenvalue weighted by Gasteiger charge is 2.58. The first-order valence-electron chi connectivity index (χ1n) is 7.44. The fraction of sp³-hybridized carbons (Fsp3) is 0.647. The van der Waals surface area contributed by atoms with Gasteiger partial charge in [-0.15, -0.1) is 0 Å². The van der Waals surface area contributed by atoms with Crippen LogP contribution in [-0.4, -0.2) is 24.8 Å². The molecule has 2 rings (SSSR count).